The topological polar surface area (TPSA) is 43.4 Å². The second kappa shape index (κ2) is 5.65. The van der Waals surface area contributed by atoms with Gasteiger partial charge < -0.3 is 9.53 Å². The Hall–Kier alpha value is -1.12. The normalized spacial score (nSPS) is 10.9. The summed E-state index contributed by atoms with van der Waals surface area (Å²) in [5, 5.41) is 0. The van der Waals surface area contributed by atoms with E-state index in [0.29, 0.717) is 18.4 Å². The Bertz CT molecular complexity index is 170. The van der Waals surface area contributed by atoms with Crippen molar-refractivity contribution in [2.45, 2.75) is 19.8 Å². The molecular formula is C8H12O3. The van der Waals surface area contributed by atoms with Gasteiger partial charge in [0.1, 0.15) is 6.29 Å². The predicted octanol–water partition coefficient (Wildman–Crippen LogP) is 1.08. The Morgan fingerprint density at radius 2 is 2.09 bits per heavy atom. The molecule has 0 fully saturated rings. The quantitative estimate of drug-likeness (QED) is 0.265. The van der Waals surface area contributed by atoms with Gasteiger partial charge in [-0.05, 0) is 13.3 Å². The second-order valence-corrected chi connectivity index (χ2v) is 2.12. The summed E-state index contributed by atoms with van der Waals surface area (Å²) in [4.78, 5) is 20.6. The molecule has 0 aromatic heterocycles. The van der Waals surface area contributed by atoms with Crippen LogP contribution in [0.1, 0.15) is 19.8 Å². The van der Waals surface area contributed by atoms with Crippen molar-refractivity contribution in [3.63, 3.8) is 0 Å². The number of aldehydes is 1. The molecule has 0 saturated carbocycles. The molecule has 3 heteroatoms. The lowest BCUT2D eigenvalue weighted by Crippen LogP contribution is -2.01. The molecule has 0 spiro atoms. The molecule has 11 heavy (non-hydrogen) atoms. The summed E-state index contributed by atoms with van der Waals surface area (Å²) in [6.07, 6.45) is 3.57. The van der Waals surface area contributed by atoms with Gasteiger partial charge in [0, 0.05) is 12.0 Å². The second-order valence-electron chi connectivity index (χ2n) is 2.12. The molecule has 3 nitrogen and oxygen atoms in total. The van der Waals surface area contributed by atoms with E-state index in [2.05, 4.69) is 4.74 Å². The van der Waals surface area contributed by atoms with E-state index in [-0.39, 0.29) is 5.97 Å². The van der Waals surface area contributed by atoms with Crippen LogP contribution >= 0.6 is 0 Å². The van der Waals surface area contributed by atoms with Gasteiger partial charge in [0.05, 0.1) is 7.11 Å². The first-order valence-corrected chi connectivity index (χ1v) is 3.41. The van der Waals surface area contributed by atoms with Crippen LogP contribution in [0, 0.1) is 0 Å². The number of allylic oxidation sites excluding steroid dienone is 1. The molecule has 0 rings (SSSR count). The summed E-state index contributed by atoms with van der Waals surface area (Å²) in [6, 6.07) is 0. The number of hydrogen-bond donors (Lipinski definition) is 0. The van der Waals surface area contributed by atoms with Gasteiger partial charge in [0.2, 0.25) is 0 Å². The van der Waals surface area contributed by atoms with Crippen molar-refractivity contribution in [2.75, 3.05) is 7.11 Å². The molecule has 0 bridgehead atoms. The zero-order chi connectivity index (χ0) is 8.69. The summed E-state index contributed by atoms with van der Waals surface area (Å²) >= 11 is 0. The van der Waals surface area contributed by atoms with Crippen LogP contribution in [0.25, 0.3) is 0 Å². The van der Waals surface area contributed by atoms with Crippen molar-refractivity contribution >= 4 is 12.3 Å². The third kappa shape index (κ3) is 4.31. The van der Waals surface area contributed by atoms with Gasteiger partial charge in [-0.2, -0.15) is 0 Å². The Labute approximate surface area is 66.0 Å². The standard InChI is InChI=1S/C8H12O3/c1-7(8(10)11-2)5-3-4-6-9/h5-6H,3-4H2,1-2H3. The Balaban J connectivity index is 3.79. The van der Waals surface area contributed by atoms with Gasteiger partial charge in [0.15, 0.2) is 0 Å². The number of carbonyl (C=O) groups excluding carboxylic acids is 2. The summed E-state index contributed by atoms with van der Waals surface area (Å²) in [6.45, 7) is 1.66. The highest BCUT2D eigenvalue weighted by atomic mass is 16.5. The summed E-state index contributed by atoms with van der Waals surface area (Å²) < 4.78 is 4.45. The largest absolute Gasteiger partial charge is 0.466 e. The van der Waals surface area contributed by atoms with Crippen LogP contribution in [0.5, 0.6) is 0 Å². The number of carbonyl (C=O) groups is 2. The van der Waals surface area contributed by atoms with E-state index in [1.54, 1.807) is 13.0 Å². The number of methoxy groups -OCH3 is 1. The van der Waals surface area contributed by atoms with Crippen molar-refractivity contribution in [1.82, 2.24) is 0 Å². The minimum Gasteiger partial charge on any atom is -0.466 e. The van der Waals surface area contributed by atoms with E-state index in [1.165, 1.54) is 7.11 Å². The molecule has 0 N–H and O–H groups in total. The SMILES string of the molecule is COC(=O)C(C)=CCCC=O. The maximum Gasteiger partial charge on any atom is 0.333 e. The fourth-order valence-corrected chi connectivity index (χ4v) is 0.612. The number of hydrogen-bond acceptors (Lipinski definition) is 3. The first kappa shape index (κ1) is 9.88. The van der Waals surface area contributed by atoms with Gasteiger partial charge in [-0.3, -0.25) is 0 Å². The predicted molar refractivity (Wildman–Crippen MR) is 41.1 cm³/mol. The van der Waals surface area contributed by atoms with Crippen LogP contribution in [0.4, 0.5) is 0 Å². The maximum atomic E-state index is 10.7. The summed E-state index contributed by atoms with van der Waals surface area (Å²) in [7, 11) is 1.33. The van der Waals surface area contributed by atoms with Crippen LogP contribution in [0.3, 0.4) is 0 Å². The molecule has 0 aromatic rings. The Morgan fingerprint density at radius 3 is 2.55 bits per heavy atom. The van der Waals surface area contributed by atoms with Crippen LogP contribution in [0.2, 0.25) is 0 Å². The van der Waals surface area contributed by atoms with Crippen molar-refractivity contribution in [2.24, 2.45) is 0 Å². The van der Waals surface area contributed by atoms with Crippen molar-refractivity contribution in [3.05, 3.63) is 11.6 Å². The van der Waals surface area contributed by atoms with Crippen LogP contribution in [0.15, 0.2) is 11.6 Å². The summed E-state index contributed by atoms with van der Waals surface area (Å²) in [5.74, 6) is -0.337. The maximum absolute atomic E-state index is 10.7. The minimum atomic E-state index is -0.337. The third-order valence-corrected chi connectivity index (χ3v) is 1.24. The number of unbranched alkanes of at least 4 members (excludes halogenated alkanes) is 1. The molecule has 0 aliphatic rings. The number of esters is 1. The third-order valence-electron chi connectivity index (χ3n) is 1.24. The Kier molecular flexibility index (Phi) is 5.07. The minimum absolute atomic E-state index is 0.337. The lowest BCUT2D eigenvalue weighted by Gasteiger charge is -1.96. The molecule has 0 atom stereocenters. The highest BCUT2D eigenvalue weighted by molar-refractivity contribution is 5.87. The van der Waals surface area contributed by atoms with E-state index in [9.17, 15) is 9.59 Å². The lowest BCUT2D eigenvalue weighted by atomic mass is 10.2. The van der Waals surface area contributed by atoms with Crippen molar-refractivity contribution in [1.29, 1.82) is 0 Å². The molecular weight excluding hydrogens is 144 g/mol. The molecule has 0 saturated heterocycles. The highest BCUT2D eigenvalue weighted by Gasteiger charge is 2.00. The molecule has 0 aliphatic heterocycles. The van der Waals surface area contributed by atoms with E-state index in [0.717, 1.165) is 6.29 Å². The molecule has 0 radical (unpaired) electrons. The van der Waals surface area contributed by atoms with Gasteiger partial charge >= 0.3 is 5.97 Å². The summed E-state index contributed by atoms with van der Waals surface area (Å²) in [5.41, 5.74) is 0.550. The van der Waals surface area contributed by atoms with Gasteiger partial charge in [-0.1, -0.05) is 6.08 Å². The highest BCUT2D eigenvalue weighted by Crippen LogP contribution is 1.98. The van der Waals surface area contributed by atoms with Crippen molar-refractivity contribution in [3.8, 4) is 0 Å². The van der Waals surface area contributed by atoms with Crippen molar-refractivity contribution < 1.29 is 14.3 Å². The van der Waals surface area contributed by atoms with Crippen LogP contribution in [-0.2, 0) is 14.3 Å². The van der Waals surface area contributed by atoms with E-state index < -0.39 is 0 Å². The first-order valence-electron chi connectivity index (χ1n) is 3.41. The molecule has 62 valence electrons. The molecule has 0 unspecified atom stereocenters. The molecule has 0 aliphatic carbocycles. The average Bonchev–Trinajstić information content (AvgIpc) is 2.03. The van der Waals surface area contributed by atoms with Crippen LogP contribution < -0.4 is 0 Å². The molecule has 0 amide bonds. The van der Waals surface area contributed by atoms with Gasteiger partial charge in [0.25, 0.3) is 0 Å². The lowest BCUT2D eigenvalue weighted by molar-refractivity contribution is -0.136. The zero-order valence-corrected chi connectivity index (χ0v) is 6.79. The Morgan fingerprint density at radius 1 is 1.45 bits per heavy atom. The van der Waals surface area contributed by atoms with Gasteiger partial charge in [-0.25, -0.2) is 4.79 Å². The van der Waals surface area contributed by atoms with E-state index in [4.69, 9.17) is 0 Å². The fraction of sp³-hybridized carbons (Fsp3) is 0.500. The van der Waals surface area contributed by atoms with E-state index in [1.807, 2.05) is 0 Å². The molecule has 0 aromatic carbocycles. The van der Waals surface area contributed by atoms with E-state index >= 15 is 0 Å². The first-order chi connectivity index (χ1) is 5.22. The number of ether oxygens (including phenoxy) is 1. The average molecular weight is 156 g/mol. The zero-order valence-electron chi connectivity index (χ0n) is 6.79. The smallest absolute Gasteiger partial charge is 0.333 e. The fourth-order valence-electron chi connectivity index (χ4n) is 0.612. The van der Waals surface area contributed by atoms with Gasteiger partial charge in [-0.15, -0.1) is 0 Å². The number of rotatable bonds is 4. The molecule has 0 heterocycles. The van der Waals surface area contributed by atoms with Crippen LogP contribution in [-0.4, -0.2) is 19.4 Å². The monoisotopic (exact) mass is 156 g/mol.